The first-order valence-corrected chi connectivity index (χ1v) is 3.21. The van der Waals surface area contributed by atoms with Crippen LogP contribution in [0.4, 0.5) is 4.79 Å². The van der Waals surface area contributed by atoms with Crippen LogP contribution in [0.3, 0.4) is 0 Å². The van der Waals surface area contributed by atoms with Crippen molar-refractivity contribution in [2.45, 2.75) is 0 Å². The molecule has 0 aromatic heterocycles. The summed E-state index contributed by atoms with van der Waals surface area (Å²) in [5.74, 6) is 5.33. The van der Waals surface area contributed by atoms with Crippen LogP contribution in [0.2, 0.25) is 0 Å². The molecule has 1 N–H and O–H groups in total. The number of carbonyl (C=O) groups is 1. The van der Waals surface area contributed by atoms with E-state index < -0.39 is 6.09 Å². The van der Waals surface area contributed by atoms with Gasteiger partial charge >= 0.3 is 6.09 Å². The molecule has 0 unspecified atom stereocenters. The fraction of sp³-hybridized carbons (Fsp3) is 0.500. The summed E-state index contributed by atoms with van der Waals surface area (Å²) in [5, 5.41) is 2.28. The number of alkyl carbamates (subject to hydrolysis) is 1. The fourth-order valence-electron chi connectivity index (χ4n) is 0.272. The van der Waals surface area contributed by atoms with E-state index in [1.54, 1.807) is 0 Å². The second-order valence-corrected chi connectivity index (χ2v) is 1.58. The van der Waals surface area contributed by atoms with Crippen LogP contribution in [0, 0.1) is 11.8 Å². The molecule has 0 spiro atoms. The Bertz CT molecular complexity index is 159. The average molecular weight is 162 g/mol. The van der Waals surface area contributed by atoms with Gasteiger partial charge in [-0.05, 0) is 0 Å². The molecule has 10 heavy (non-hydrogen) atoms. The van der Waals surface area contributed by atoms with Crippen molar-refractivity contribution in [2.24, 2.45) is 0 Å². The summed E-state index contributed by atoms with van der Waals surface area (Å²) in [6, 6.07) is 0. The lowest BCUT2D eigenvalue weighted by Gasteiger charge is -1.95. The van der Waals surface area contributed by atoms with E-state index >= 15 is 0 Å². The predicted molar refractivity (Wildman–Crippen MR) is 38.9 cm³/mol. The van der Waals surface area contributed by atoms with Crippen molar-refractivity contribution in [3.8, 4) is 11.8 Å². The minimum atomic E-state index is -0.483. The smallest absolute Gasteiger partial charge is 0.407 e. The molecule has 3 nitrogen and oxygen atoms in total. The zero-order valence-corrected chi connectivity index (χ0v) is 6.36. The maximum Gasteiger partial charge on any atom is 0.407 e. The Balaban J connectivity index is 3.27. The number of amides is 1. The van der Waals surface area contributed by atoms with Crippen LogP contribution < -0.4 is 5.32 Å². The predicted octanol–water partition coefficient (Wildman–Crippen LogP) is 0.585. The van der Waals surface area contributed by atoms with Gasteiger partial charge in [-0.1, -0.05) is 11.8 Å². The summed E-state index contributed by atoms with van der Waals surface area (Å²) < 4.78 is 4.51. The van der Waals surface area contributed by atoms with Gasteiger partial charge in [0.1, 0.15) is 0 Å². The first kappa shape index (κ1) is 9.12. The Hall–Kier alpha value is -0.880. The standard InChI is InChI=1S/C6H8ClNO2/c1-8-6(9)10-5-3-2-4-7/h4-5H2,1H3,(H,8,9). The Morgan fingerprint density at radius 3 is 2.90 bits per heavy atom. The van der Waals surface area contributed by atoms with Crippen LogP contribution in [-0.2, 0) is 4.74 Å². The van der Waals surface area contributed by atoms with Gasteiger partial charge in [0.25, 0.3) is 0 Å². The molecule has 0 aliphatic rings. The van der Waals surface area contributed by atoms with Crippen molar-refractivity contribution in [3.05, 3.63) is 0 Å². The molecular weight excluding hydrogens is 154 g/mol. The third-order valence-corrected chi connectivity index (χ3v) is 0.805. The number of rotatable bonds is 1. The zero-order valence-electron chi connectivity index (χ0n) is 5.61. The summed E-state index contributed by atoms with van der Waals surface area (Å²) in [7, 11) is 1.48. The number of hydrogen-bond acceptors (Lipinski definition) is 2. The highest BCUT2D eigenvalue weighted by molar-refractivity contribution is 6.19. The lowest BCUT2D eigenvalue weighted by Crippen LogP contribution is -2.19. The molecule has 4 heteroatoms. The first-order chi connectivity index (χ1) is 4.81. The molecule has 0 aliphatic heterocycles. The molecule has 0 aromatic rings. The van der Waals surface area contributed by atoms with Crippen LogP contribution in [-0.4, -0.2) is 25.6 Å². The second kappa shape index (κ2) is 6.24. The summed E-state index contributed by atoms with van der Waals surface area (Å²) in [4.78, 5) is 10.3. The van der Waals surface area contributed by atoms with Gasteiger partial charge in [0.15, 0.2) is 6.61 Å². The van der Waals surface area contributed by atoms with Crippen LogP contribution >= 0.6 is 11.6 Å². The summed E-state index contributed by atoms with van der Waals surface area (Å²) in [6.45, 7) is 0.0897. The van der Waals surface area contributed by atoms with Gasteiger partial charge in [0.05, 0.1) is 5.88 Å². The van der Waals surface area contributed by atoms with E-state index in [-0.39, 0.29) is 12.5 Å². The maximum atomic E-state index is 10.3. The second-order valence-electron chi connectivity index (χ2n) is 1.31. The largest absolute Gasteiger partial charge is 0.436 e. The highest BCUT2D eigenvalue weighted by atomic mass is 35.5. The van der Waals surface area contributed by atoms with Crippen LogP contribution in [0.25, 0.3) is 0 Å². The van der Waals surface area contributed by atoms with Crippen molar-refractivity contribution < 1.29 is 9.53 Å². The van der Waals surface area contributed by atoms with Gasteiger partial charge in [0, 0.05) is 7.05 Å². The van der Waals surface area contributed by atoms with E-state index in [2.05, 4.69) is 21.9 Å². The molecular formula is C6H8ClNO2. The zero-order chi connectivity index (χ0) is 7.82. The van der Waals surface area contributed by atoms with Gasteiger partial charge in [-0.15, -0.1) is 11.6 Å². The highest BCUT2D eigenvalue weighted by Gasteiger charge is 1.91. The molecule has 0 saturated carbocycles. The van der Waals surface area contributed by atoms with Crippen molar-refractivity contribution in [3.63, 3.8) is 0 Å². The monoisotopic (exact) mass is 161 g/mol. The van der Waals surface area contributed by atoms with Gasteiger partial charge in [-0.25, -0.2) is 4.79 Å². The Labute approximate surface area is 64.7 Å². The number of nitrogens with one attached hydrogen (secondary N) is 1. The molecule has 0 radical (unpaired) electrons. The molecule has 0 rings (SSSR count). The van der Waals surface area contributed by atoms with Gasteiger partial charge in [-0.3, -0.25) is 0 Å². The molecule has 1 amide bonds. The van der Waals surface area contributed by atoms with E-state index in [4.69, 9.17) is 11.6 Å². The van der Waals surface area contributed by atoms with Gasteiger partial charge < -0.3 is 10.1 Å². The quantitative estimate of drug-likeness (QED) is 0.452. The van der Waals surface area contributed by atoms with Crippen LogP contribution in [0.15, 0.2) is 0 Å². The highest BCUT2D eigenvalue weighted by Crippen LogP contribution is 1.74. The number of ether oxygens (including phenoxy) is 1. The van der Waals surface area contributed by atoms with Crippen molar-refractivity contribution in [1.82, 2.24) is 5.32 Å². The average Bonchev–Trinajstić information content (AvgIpc) is 1.98. The van der Waals surface area contributed by atoms with E-state index in [1.165, 1.54) is 7.05 Å². The van der Waals surface area contributed by atoms with Crippen molar-refractivity contribution in [2.75, 3.05) is 19.5 Å². The number of hydrogen-bond donors (Lipinski definition) is 1. The lowest BCUT2D eigenvalue weighted by molar-refractivity contribution is 0.162. The summed E-state index contributed by atoms with van der Waals surface area (Å²) in [6.07, 6.45) is -0.483. The molecule has 0 aromatic carbocycles. The third-order valence-electron chi connectivity index (χ3n) is 0.671. The molecule has 0 atom stereocenters. The molecule has 0 bridgehead atoms. The van der Waals surface area contributed by atoms with E-state index in [0.29, 0.717) is 0 Å². The minimum Gasteiger partial charge on any atom is -0.436 e. The number of alkyl halides is 1. The summed E-state index contributed by atoms with van der Waals surface area (Å²) >= 11 is 5.22. The molecule has 0 fully saturated rings. The molecule has 0 heterocycles. The minimum absolute atomic E-state index is 0.0897. The molecule has 0 aliphatic carbocycles. The van der Waals surface area contributed by atoms with E-state index in [1.807, 2.05) is 0 Å². The van der Waals surface area contributed by atoms with Crippen molar-refractivity contribution in [1.29, 1.82) is 0 Å². The third kappa shape index (κ3) is 5.26. The summed E-state index contributed by atoms with van der Waals surface area (Å²) in [5.41, 5.74) is 0. The Morgan fingerprint density at radius 1 is 1.70 bits per heavy atom. The molecule has 0 saturated heterocycles. The van der Waals surface area contributed by atoms with E-state index in [0.717, 1.165) is 0 Å². The van der Waals surface area contributed by atoms with Crippen molar-refractivity contribution >= 4 is 17.7 Å². The number of carbonyl (C=O) groups excluding carboxylic acids is 1. The molecule has 56 valence electrons. The normalized spacial score (nSPS) is 7.40. The van der Waals surface area contributed by atoms with Gasteiger partial charge in [0.2, 0.25) is 0 Å². The lowest BCUT2D eigenvalue weighted by atomic mass is 10.6. The first-order valence-electron chi connectivity index (χ1n) is 2.67. The number of halogens is 1. The van der Waals surface area contributed by atoms with Crippen LogP contribution in [0.1, 0.15) is 0 Å². The Morgan fingerprint density at radius 2 is 2.40 bits per heavy atom. The maximum absolute atomic E-state index is 10.3. The fourth-order valence-corrected chi connectivity index (χ4v) is 0.367. The SMILES string of the molecule is CNC(=O)OCC#CCCl. The van der Waals surface area contributed by atoms with Crippen LogP contribution in [0.5, 0.6) is 0 Å². The topological polar surface area (TPSA) is 38.3 Å². The van der Waals surface area contributed by atoms with Gasteiger partial charge in [-0.2, -0.15) is 0 Å². The Kier molecular flexibility index (Phi) is 5.69. The van der Waals surface area contributed by atoms with E-state index in [9.17, 15) is 4.79 Å².